The molecule has 0 aromatic rings. The summed E-state index contributed by atoms with van der Waals surface area (Å²) in [5.41, 5.74) is 4.03. The van der Waals surface area contributed by atoms with Gasteiger partial charge < -0.3 is 26.2 Å². The van der Waals surface area contributed by atoms with E-state index in [4.69, 9.17) is 25.2 Å². The Morgan fingerprint density at radius 1 is 1.23 bits per heavy atom. The third-order valence-corrected chi connectivity index (χ3v) is 1.29. The summed E-state index contributed by atoms with van der Waals surface area (Å²) in [6.07, 6.45) is 0.0231. The third kappa shape index (κ3) is 18.3. The third-order valence-electron chi connectivity index (χ3n) is 1.29. The smallest absolute Gasteiger partial charge is 0.402 e. The zero-order chi connectivity index (χ0) is 10.7. The number of rotatable bonds is 5. The maximum atomic E-state index is 8.78. The highest BCUT2D eigenvalue weighted by atomic mass is 16.4. The van der Waals surface area contributed by atoms with Crippen LogP contribution in [0.25, 0.3) is 0 Å². The first-order valence-electron chi connectivity index (χ1n) is 3.89. The van der Waals surface area contributed by atoms with Crippen LogP contribution in [0.5, 0.6) is 0 Å². The molecule has 0 rings (SSSR count). The number of nitrogens with two attached hydrogens (primary N) is 1. The molecule has 0 fully saturated rings. The molecule has 0 saturated heterocycles. The van der Waals surface area contributed by atoms with Crippen molar-refractivity contribution in [1.82, 2.24) is 0 Å². The van der Waals surface area contributed by atoms with Crippen molar-refractivity contribution in [2.24, 2.45) is 11.7 Å². The lowest BCUT2D eigenvalue weighted by molar-refractivity contribution is 0.136. The van der Waals surface area contributed by atoms with E-state index in [2.05, 4.69) is 5.73 Å². The zero-order valence-electron chi connectivity index (χ0n) is 7.39. The normalized spacial score (nSPS) is 9.23. The molecule has 13 heavy (non-hydrogen) atoms. The highest BCUT2D eigenvalue weighted by Gasteiger charge is 2.03. The van der Waals surface area contributed by atoms with E-state index in [1.54, 1.807) is 0 Å². The fraction of sp³-hybridized carbons (Fsp3) is 0.857. The number of aliphatic hydroxyl groups excluding tert-OH is 3. The van der Waals surface area contributed by atoms with Crippen LogP contribution in [0.2, 0.25) is 0 Å². The number of carboxylic acid groups (broad SMARTS) is 1. The van der Waals surface area contributed by atoms with Crippen LogP contribution in [-0.4, -0.2) is 46.3 Å². The zero-order valence-corrected chi connectivity index (χ0v) is 7.39. The first kappa shape index (κ1) is 14.7. The monoisotopic (exact) mass is 195 g/mol. The SMILES string of the molecule is NC(=O)O.OCCCC(CO)CO. The van der Waals surface area contributed by atoms with E-state index in [9.17, 15) is 0 Å². The number of amides is 1. The topological polar surface area (TPSA) is 124 Å². The van der Waals surface area contributed by atoms with Gasteiger partial charge in [-0.3, -0.25) is 0 Å². The van der Waals surface area contributed by atoms with Crippen LogP contribution in [0, 0.1) is 5.92 Å². The first-order valence-corrected chi connectivity index (χ1v) is 3.89. The van der Waals surface area contributed by atoms with Crippen molar-refractivity contribution in [3.05, 3.63) is 0 Å². The number of carbonyl (C=O) groups is 1. The van der Waals surface area contributed by atoms with Crippen LogP contribution < -0.4 is 5.73 Å². The second-order valence-corrected chi connectivity index (χ2v) is 2.44. The number of hydrogen-bond donors (Lipinski definition) is 5. The summed E-state index contributed by atoms with van der Waals surface area (Å²) >= 11 is 0. The quantitative estimate of drug-likeness (QED) is 0.384. The fourth-order valence-electron chi connectivity index (χ4n) is 0.620. The standard InChI is InChI=1S/C6H14O3.CH3NO2/c7-3-1-2-6(4-8)5-9;2-1(3)4/h6-9H,1-5H2;2H2,(H,3,4). The lowest BCUT2D eigenvalue weighted by atomic mass is 10.1. The average Bonchev–Trinajstić information content (AvgIpc) is 2.06. The summed E-state index contributed by atoms with van der Waals surface area (Å²) in [6.45, 7) is 0.156. The highest BCUT2D eigenvalue weighted by molar-refractivity contribution is 5.61. The van der Waals surface area contributed by atoms with Gasteiger partial charge in [-0.15, -0.1) is 0 Å². The van der Waals surface area contributed by atoms with Crippen LogP contribution >= 0.6 is 0 Å². The maximum Gasteiger partial charge on any atom is 0.402 e. The van der Waals surface area contributed by atoms with Crippen molar-refractivity contribution < 1.29 is 25.2 Å². The second kappa shape index (κ2) is 11.2. The highest BCUT2D eigenvalue weighted by Crippen LogP contribution is 2.02. The maximum absolute atomic E-state index is 8.78. The van der Waals surface area contributed by atoms with Gasteiger partial charge in [0.2, 0.25) is 0 Å². The Labute approximate surface area is 76.6 Å². The molecule has 0 aliphatic rings. The van der Waals surface area contributed by atoms with Gasteiger partial charge >= 0.3 is 6.09 Å². The van der Waals surface area contributed by atoms with Crippen molar-refractivity contribution in [2.75, 3.05) is 19.8 Å². The molecule has 6 nitrogen and oxygen atoms in total. The number of hydrogen-bond acceptors (Lipinski definition) is 4. The van der Waals surface area contributed by atoms with E-state index in [0.717, 1.165) is 0 Å². The van der Waals surface area contributed by atoms with Gasteiger partial charge in [-0.25, -0.2) is 4.79 Å². The predicted molar refractivity (Wildman–Crippen MR) is 46.2 cm³/mol. The molecule has 0 aromatic carbocycles. The van der Waals surface area contributed by atoms with Crippen LogP contribution in [0.15, 0.2) is 0 Å². The molecule has 0 heterocycles. The molecule has 80 valence electrons. The van der Waals surface area contributed by atoms with E-state index >= 15 is 0 Å². The minimum absolute atomic E-state index is 0.0104. The lowest BCUT2D eigenvalue weighted by Gasteiger charge is -2.07. The van der Waals surface area contributed by atoms with E-state index < -0.39 is 6.09 Å². The molecule has 1 amide bonds. The molecule has 0 saturated carbocycles. The van der Waals surface area contributed by atoms with E-state index in [1.165, 1.54) is 0 Å². The molecule has 0 unspecified atom stereocenters. The Morgan fingerprint density at radius 2 is 1.62 bits per heavy atom. The molecule has 0 bridgehead atoms. The molecular weight excluding hydrogens is 178 g/mol. The minimum Gasteiger partial charge on any atom is -0.465 e. The van der Waals surface area contributed by atoms with Gasteiger partial charge in [-0.1, -0.05) is 0 Å². The van der Waals surface area contributed by atoms with E-state index in [1.807, 2.05) is 0 Å². The fourth-order valence-corrected chi connectivity index (χ4v) is 0.620. The summed E-state index contributed by atoms with van der Waals surface area (Å²) in [6, 6.07) is 0. The van der Waals surface area contributed by atoms with Crippen LogP contribution in [0.4, 0.5) is 4.79 Å². The molecule has 0 atom stereocenters. The van der Waals surface area contributed by atoms with Crippen molar-refractivity contribution in [3.8, 4) is 0 Å². The van der Waals surface area contributed by atoms with Gasteiger partial charge in [0.05, 0.1) is 0 Å². The Hall–Kier alpha value is -0.850. The van der Waals surface area contributed by atoms with Crippen molar-refractivity contribution in [3.63, 3.8) is 0 Å². The Balaban J connectivity index is 0. The van der Waals surface area contributed by atoms with Crippen LogP contribution in [0.3, 0.4) is 0 Å². The first-order chi connectivity index (χ1) is 6.08. The molecule has 6 N–H and O–H groups in total. The summed E-state index contributed by atoms with van der Waals surface area (Å²) in [7, 11) is 0. The van der Waals surface area contributed by atoms with E-state index in [0.29, 0.717) is 12.8 Å². The molecule has 0 aromatic heterocycles. The Kier molecular flexibility index (Phi) is 12.6. The summed E-state index contributed by atoms with van der Waals surface area (Å²) < 4.78 is 0. The predicted octanol–water partition coefficient (Wildman–Crippen LogP) is -1.02. The summed E-state index contributed by atoms with van der Waals surface area (Å²) in [4.78, 5) is 8.78. The van der Waals surface area contributed by atoms with Gasteiger partial charge in [0.1, 0.15) is 0 Å². The molecule has 0 radical (unpaired) electrons. The van der Waals surface area contributed by atoms with Crippen LogP contribution in [-0.2, 0) is 0 Å². The average molecular weight is 195 g/mol. The Morgan fingerprint density at radius 3 is 1.85 bits per heavy atom. The van der Waals surface area contributed by atoms with Crippen molar-refractivity contribution in [2.45, 2.75) is 12.8 Å². The van der Waals surface area contributed by atoms with Gasteiger partial charge in [0.15, 0.2) is 0 Å². The van der Waals surface area contributed by atoms with E-state index in [-0.39, 0.29) is 25.7 Å². The van der Waals surface area contributed by atoms with Crippen LogP contribution in [0.1, 0.15) is 12.8 Å². The molecular formula is C7H17NO5. The van der Waals surface area contributed by atoms with Crippen molar-refractivity contribution in [1.29, 1.82) is 0 Å². The molecule has 0 spiro atoms. The number of aliphatic hydroxyl groups is 3. The number of primary amides is 1. The van der Waals surface area contributed by atoms with Gasteiger partial charge in [-0.2, -0.15) is 0 Å². The Bertz CT molecular complexity index is 111. The van der Waals surface area contributed by atoms with Gasteiger partial charge in [0, 0.05) is 25.7 Å². The molecule has 0 aliphatic carbocycles. The van der Waals surface area contributed by atoms with Gasteiger partial charge in [0.25, 0.3) is 0 Å². The summed E-state index contributed by atoms with van der Waals surface area (Å²) in [5.74, 6) is -0.0443. The lowest BCUT2D eigenvalue weighted by Crippen LogP contribution is -2.11. The minimum atomic E-state index is -1.33. The largest absolute Gasteiger partial charge is 0.465 e. The summed E-state index contributed by atoms with van der Waals surface area (Å²) in [5, 5.41) is 32.6. The molecule has 6 heteroatoms. The second-order valence-electron chi connectivity index (χ2n) is 2.44. The van der Waals surface area contributed by atoms with Gasteiger partial charge in [-0.05, 0) is 12.8 Å². The van der Waals surface area contributed by atoms with Crippen molar-refractivity contribution >= 4 is 6.09 Å². The molecule has 0 aliphatic heterocycles.